The molecule has 0 amide bonds. The molecular weight excluding hydrogens is 486 g/mol. The first kappa shape index (κ1) is 27.8. The SMILES string of the molecule is Cc1nc2cc([C@@H]3C/C=C(/Cl)CCC[C@H](C)[C@H](O)[C@H](C)C(=O)C(C)(C)[C@@H](O)CC(=O)O3)ccc2s1. The fourth-order valence-electron chi connectivity index (χ4n) is 4.63. The highest BCUT2D eigenvalue weighted by Gasteiger charge is 2.42. The van der Waals surface area contributed by atoms with Gasteiger partial charge in [0, 0.05) is 17.4 Å². The van der Waals surface area contributed by atoms with Gasteiger partial charge in [-0.05, 0) is 49.8 Å². The van der Waals surface area contributed by atoms with Crippen molar-refractivity contribution in [1.29, 1.82) is 0 Å². The van der Waals surface area contributed by atoms with Gasteiger partial charge in [-0.25, -0.2) is 4.98 Å². The van der Waals surface area contributed by atoms with Crippen molar-refractivity contribution in [1.82, 2.24) is 4.98 Å². The van der Waals surface area contributed by atoms with Crippen molar-refractivity contribution in [2.75, 3.05) is 0 Å². The third-order valence-electron chi connectivity index (χ3n) is 7.13. The van der Waals surface area contributed by atoms with Crippen molar-refractivity contribution < 1.29 is 24.5 Å². The van der Waals surface area contributed by atoms with Crippen LogP contribution in [0, 0.1) is 24.2 Å². The number of esters is 1. The molecule has 0 fully saturated rings. The fraction of sp³-hybridized carbons (Fsp3) is 0.593. The molecule has 0 unspecified atom stereocenters. The Labute approximate surface area is 216 Å². The first-order chi connectivity index (χ1) is 16.4. The number of carbonyl (C=O) groups excluding carboxylic acids is 2. The third kappa shape index (κ3) is 6.70. The number of carbonyl (C=O) groups is 2. The number of rotatable bonds is 1. The van der Waals surface area contributed by atoms with Gasteiger partial charge in [-0.2, -0.15) is 0 Å². The number of aliphatic hydroxyl groups is 2. The lowest BCUT2D eigenvalue weighted by molar-refractivity contribution is -0.155. The highest BCUT2D eigenvalue weighted by molar-refractivity contribution is 7.18. The summed E-state index contributed by atoms with van der Waals surface area (Å²) in [7, 11) is 0. The van der Waals surface area contributed by atoms with E-state index in [2.05, 4.69) is 4.98 Å². The van der Waals surface area contributed by atoms with Crippen LogP contribution in [0.25, 0.3) is 10.2 Å². The van der Waals surface area contributed by atoms with Crippen molar-refractivity contribution >= 4 is 44.9 Å². The number of hydrogen-bond acceptors (Lipinski definition) is 7. The Bertz CT molecular complexity index is 1090. The summed E-state index contributed by atoms with van der Waals surface area (Å²) in [5, 5.41) is 23.2. The Hall–Kier alpha value is -1.80. The monoisotopic (exact) mass is 521 g/mol. The molecule has 5 atom stereocenters. The average Bonchev–Trinajstić information content (AvgIpc) is 3.18. The summed E-state index contributed by atoms with van der Waals surface area (Å²) < 4.78 is 6.87. The molecule has 2 heterocycles. The Morgan fingerprint density at radius 3 is 2.63 bits per heavy atom. The molecule has 6 nitrogen and oxygen atoms in total. The predicted octanol–water partition coefficient (Wildman–Crippen LogP) is 5.87. The summed E-state index contributed by atoms with van der Waals surface area (Å²) in [6.45, 7) is 8.77. The summed E-state index contributed by atoms with van der Waals surface area (Å²) in [6.07, 6.45) is 1.34. The predicted molar refractivity (Wildman–Crippen MR) is 139 cm³/mol. The van der Waals surface area contributed by atoms with Gasteiger partial charge in [0.1, 0.15) is 11.9 Å². The van der Waals surface area contributed by atoms with Gasteiger partial charge in [-0.3, -0.25) is 9.59 Å². The Morgan fingerprint density at radius 2 is 1.91 bits per heavy atom. The van der Waals surface area contributed by atoms with E-state index in [1.165, 1.54) is 0 Å². The van der Waals surface area contributed by atoms with Crippen LogP contribution >= 0.6 is 22.9 Å². The molecule has 192 valence electrons. The Kier molecular flexibility index (Phi) is 9.13. The van der Waals surface area contributed by atoms with Gasteiger partial charge < -0.3 is 14.9 Å². The maximum absolute atomic E-state index is 13.2. The molecule has 1 aliphatic rings. The number of allylic oxidation sites excluding steroid dienone is 1. The molecule has 0 saturated carbocycles. The topological polar surface area (TPSA) is 96.7 Å². The number of fused-ring (bicyclic) bond motifs is 1. The summed E-state index contributed by atoms with van der Waals surface area (Å²) in [4.78, 5) is 30.6. The van der Waals surface area contributed by atoms with Crippen LogP contribution in [0.1, 0.15) is 76.5 Å². The Balaban J connectivity index is 1.91. The van der Waals surface area contributed by atoms with E-state index in [-0.39, 0.29) is 18.1 Å². The van der Waals surface area contributed by atoms with E-state index in [4.69, 9.17) is 16.3 Å². The van der Waals surface area contributed by atoms with Crippen LogP contribution < -0.4 is 0 Å². The van der Waals surface area contributed by atoms with E-state index >= 15 is 0 Å². The van der Waals surface area contributed by atoms with E-state index in [1.807, 2.05) is 38.1 Å². The zero-order valence-electron chi connectivity index (χ0n) is 21.1. The van der Waals surface area contributed by atoms with Crippen LogP contribution in [-0.4, -0.2) is 39.2 Å². The molecule has 1 aromatic heterocycles. The molecule has 0 spiro atoms. The van der Waals surface area contributed by atoms with E-state index in [0.29, 0.717) is 24.3 Å². The molecule has 1 aromatic carbocycles. The van der Waals surface area contributed by atoms with Crippen molar-refractivity contribution in [3.8, 4) is 0 Å². The number of hydrogen-bond donors (Lipinski definition) is 2. The van der Waals surface area contributed by atoms with E-state index in [9.17, 15) is 19.8 Å². The second-order valence-electron chi connectivity index (χ2n) is 10.3. The molecule has 0 aliphatic carbocycles. The first-order valence-electron chi connectivity index (χ1n) is 12.2. The second-order valence-corrected chi connectivity index (χ2v) is 12.0. The van der Waals surface area contributed by atoms with Crippen LogP contribution in [0.3, 0.4) is 0 Å². The highest BCUT2D eigenvalue weighted by Crippen LogP contribution is 2.34. The number of aromatic nitrogens is 1. The van der Waals surface area contributed by atoms with E-state index in [0.717, 1.165) is 27.2 Å². The van der Waals surface area contributed by atoms with Gasteiger partial charge in [0.15, 0.2) is 0 Å². The number of Topliss-reactive ketones (excluding diaryl/α,β-unsaturated/α-hetero) is 1. The number of ether oxygens (including phenoxy) is 1. The maximum atomic E-state index is 13.2. The molecule has 1 aliphatic heterocycles. The highest BCUT2D eigenvalue weighted by atomic mass is 35.5. The molecule has 35 heavy (non-hydrogen) atoms. The van der Waals surface area contributed by atoms with Crippen LogP contribution in [-0.2, 0) is 14.3 Å². The smallest absolute Gasteiger partial charge is 0.309 e. The second kappa shape index (κ2) is 11.5. The minimum absolute atomic E-state index is 0.106. The van der Waals surface area contributed by atoms with Crippen molar-refractivity contribution in [3.63, 3.8) is 0 Å². The van der Waals surface area contributed by atoms with Gasteiger partial charge in [-0.1, -0.05) is 51.4 Å². The Morgan fingerprint density at radius 1 is 1.20 bits per heavy atom. The summed E-state index contributed by atoms with van der Waals surface area (Å²) in [5.74, 6) is -1.66. The summed E-state index contributed by atoms with van der Waals surface area (Å²) in [6, 6.07) is 5.82. The number of ketones is 1. The van der Waals surface area contributed by atoms with Gasteiger partial charge in [0.2, 0.25) is 0 Å². The minimum atomic E-state index is -1.25. The molecule has 3 rings (SSSR count). The number of benzene rings is 1. The van der Waals surface area contributed by atoms with Crippen LogP contribution in [0.4, 0.5) is 0 Å². The fourth-order valence-corrected chi connectivity index (χ4v) is 5.66. The lowest BCUT2D eigenvalue weighted by Crippen LogP contribution is -2.45. The molecule has 0 bridgehead atoms. The lowest BCUT2D eigenvalue weighted by atomic mass is 9.73. The number of cyclic esters (lactones) is 1. The van der Waals surface area contributed by atoms with E-state index < -0.39 is 35.6 Å². The molecular formula is C27H36ClNO5S. The first-order valence-corrected chi connectivity index (χ1v) is 13.4. The standard InChI is InChI=1S/C27H36ClNO5S/c1-15-7-6-8-19(28)10-11-21(18-9-12-22-20(13-18)29-17(3)35-22)34-24(31)14-23(30)27(4,5)26(33)16(2)25(15)32/h9-10,12-13,15-16,21,23,25,30,32H,6-8,11,14H2,1-5H3/b19-10+/t15-,16-,21-,23-,25-/m0/s1. The molecule has 8 heteroatoms. The van der Waals surface area contributed by atoms with Crippen LogP contribution in [0.2, 0.25) is 0 Å². The molecule has 2 N–H and O–H groups in total. The van der Waals surface area contributed by atoms with Crippen molar-refractivity contribution in [2.45, 2.75) is 85.0 Å². The van der Waals surface area contributed by atoms with Crippen molar-refractivity contribution in [3.05, 3.63) is 39.9 Å². The zero-order chi connectivity index (χ0) is 25.9. The number of aliphatic hydroxyl groups excluding tert-OH is 2. The number of nitrogens with zero attached hydrogens (tertiary/aromatic N) is 1. The maximum Gasteiger partial charge on any atom is 0.309 e. The van der Waals surface area contributed by atoms with Crippen molar-refractivity contribution in [2.24, 2.45) is 17.3 Å². The number of aryl methyl sites for hydroxylation is 1. The van der Waals surface area contributed by atoms with Gasteiger partial charge in [0.05, 0.1) is 39.3 Å². The molecule has 2 aromatic rings. The normalized spacial score (nSPS) is 31.1. The largest absolute Gasteiger partial charge is 0.457 e. The molecule has 0 saturated heterocycles. The minimum Gasteiger partial charge on any atom is -0.457 e. The average molecular weight is 522 g/mol. The van der Waals surface area contributed by atoms with E-state index in [1.54, 1.807) is 32.1 Å². The quantitative estimate of drug-likeness (QED) is 0.456. The van der Waals surface area contributed by atoms with Gasteiger partial charge in [-0.15, -0.1) is 11.3 Å². The zero-order valence-corrected chi connectivity index (χ0v) is 22.7. The lowest BCUT2D eigenvalue weighted by Gasteiger charge is -2.34. The van der Waals surface area contributed by atoms with Gasteiger partial charge in [0.25, 0.3) is 0 Å². The van der Waals surface area contributed by atoms with Crippen LogP contribution in [0.5, 0.6) is 0 Å². The third-order valence-corrected chi connectivity index (χ3v) is 8.42. The molecule has 0 radical (unpaired) electrons. The van der Waals surface area contributed by atoms with Gasteiger partial charge >= 0.3 is 5.97 Å². The summed E-state index contributed by atoms with van der Waals surface area (Å²) in [5.41, 5.74) is 0.427. The summed E-state index contributed by atoms with van der Waals surface area (Å²) >= 11 is 8.08. The van der Waals surface area contributed by atoms with Crippen LogP contribution in [0.15, 0.2) is 29.3 Å². The number of thiazole rings is 1. The number of halogens is 1.